The maximum atomic E-state index is 4.09. The second kappa shape index (κ2) is 2.59. The van der Waals surface area contributed by atoms with E-state index in [9.17, 15) is 0 Å². The Morgan fingerprint density at radius 2 is 2.08 bits per heavy atom. The average Bonchev–Trinajstić information content (AvgIpc) is 2.12. The van der Waals surface area contributed by atoms with Gasteiger partial charge in [-0.15, -0.1) is 0 Å². The summed E-state index contributed by atoms with van der Waals surface area (Å²) in [6.45, 7) is 7.98. The van der Waals surface area contributed by atoms with Crippen molar-refractivity contribution in [2.45, 2.75) is 12.8 Å². The zero-order chi connectivity index (χ0) is 8.55. The Balaban J connectivity index is 2.56. The van der Waals surface area contributed by atoms with E-state index in [0.717, 1.165) is 24.0 Å². The number of aryl methyl sites for hydroxylation is 1. The van der Waals surface area contributed by atoms with Crippen LogP contribution in [0.25, 0.3) is 5.57 Å². The van der Waals surface area contributed by atoms with Crippen LogP contribution in [0.4, 0.5) is 0 Å². The minimum atomic E-state index is 1.03. The van der Waals surface area contributed by atoms with Crippen molar-refractivity contribution in [1.82, 2.24) is 4.98 Å². The van der Waals surface area contributed by atoms with Crippen LogP contribution in [0.15, 0.2) is 37.2 Å². The number of aromatic nitrogens is 1. The molecular weight excluding hydrogens is 146 g/mol. The van der Waals surface area contributed by atoms with Gasteiger partial charge in [0, 0.05) is 12.4 Å². The fourth-order valence-electron chi connectivity index (χ4n) is 1.55. The molecule has 60 valence electrons. The molecule has 1 aromatic rings. The van der Waals surface area contributed by atoms with Gasteiger partial charge in [-0.05, 0) is 41.2 Å². The SMILES string of the molecule is C=C1CCc2cnccc2C1=C. The van der Waals surface area contributed by atoms with E-state index in [-0.39, 0.29) is 0 Å². The standard InChI is InChI=1S/C11H11N/c1-8-3-4-10-7-12-6-5-11(10)9(8)2/h5-7H,1-4H2. The zero-order valence-corrected chi connectivity index (χ0v) is 7.01. The molecule has 2 rings (SSSR count). The molecule has 0 fully saturated rings. The predicted octanol–water partition coefficient (Wildman–Crippen LogP) is 2.60. The molecule has 0 atom stereocenters. The molecule has 0 saturated carbocycles. The van der Waals surface area contributed by atoms with Crippen molar-refractivity contribution in [3.63, 3.8) is 0 Å². The van der Waals surface area contributed by atoms with Crippen molar-refractivity contribution in [3.8, 4) is 0 Å². The zero-order valence-electron chi connectivity index (χ0n) is 7.01. The van der Waals surface area contributed by atoms with Crippen LogP contribution in [0.3, 0.4) is 0 Å². The number of rotatable bonds is 0. The Hall–Kier alpha value is -1.37. The van der Waals surface area contributed by atoms with Gasteiger partial charge >= 0.3 is 0 Å². The quantitative estimate of drug-likeness (QED) is 0.564. The van der Waals surface area contributed by atoms with E-state index < -0.39 is 0 Å². The fraction of sp³-hybridized carbons (Fsp3) is 0.182. The Morgan fingerprint density at radius 3 is 2.92 bits per heavy atom. The van der Waals surface area contributed by atoms with Crippen LogP contribution < -0.4 is 0 Å². The third-order valence-corrected chi connectivity index (χ3v) is 2.35. The number of hydrogen-bond acceptors (Lipinski definition) is 1. The van der Waals surface area contributed by atoms with Crippen LogP contribution in [0.2, 0.25) is 0 Å². The molecule has 0 aromatic carbocycles. The van der Waals surface area contributed by atoms with Gasteiger partial charge in [-0.25, -0.2) is 0 Å². The van der Waals surface area contributed by atoms with E-state index in [1.54, 1.807) is 0 Å². The minimum Gasteiger partial charge on any atom is -0.264 e. The van der Waals surface area contributed by atoms with Gasteiger partial charge in [-0.2, -0.15) is 0 Å². The maximum Gasteiger partial charge on any atom is 0.0306 e. The normalized spacial score (nSPS) is 16.0. The van der Waals surface area contributed by atoms with Crippen molar-refractivity contribution in [1.29, 1.82) is 0 Å². The molecule has 0 bridgehead atoms. The molecule has 1 aromatic heterocycles. The van der Waals surface area contributed by atoms with Crippen LogP contribution in [-0.2, 0) is 6.42 Å². The average molecular weight is 157 g/mol. The third-order valence-electron chi connectivity index (χ3n) is 2.35. The summed E-state index contributed by atoms with van der Waals surface area (Å²) in [7, 11) is 0. The van der Waals surface area contributed by atoms with Crippen LogP contribution in [0, 0.1) is 0 Å². The number of allylic oxidation sites excluding steroid dienone is 2. The summed E-state index contributed by atoms with van der Waals surface area (Å²) < 4.78 is 0. The molecule has 1 heteroatoms. The first-order valence-corrected chi connectivity index (χ1v) is 4.09. The summed E-state index contributed by atoms with van der Waals surface area (Å²) in [5.74, 6) is 0. The molecule has 1 aliphatic rings. The van der Waals surface area contributed by atoms with E-state index in [0.29, 0.717) is 0 Å². The van der Waals surface area contributed by atoms with Crippen molar-refractivity contribution >= 4 is 5.57 Å². The van der Waals surface area contributed by atoms with Crippen LogP contribution in [0.5, 0.6) is 0 Å². The third kappa shape index (κ3) is 0.981. The molecule has 0 saturated heterocycles. The first-order chi connectivity index (χ1) is 5.79. The van der Waals surface area contributed by atoms with Crippen molar-refractivity contribution in [2.24, 2.45) is 0 Å². The van der Waals surface area contributed by atoms with Gasteiger partial charge in [-0.3, -0.25) is 4.98 Å². The van der Waals surface area contributed by atoms with Gasteiger partial charge in [0.2, 0.25) is 0 Å². The summed E-state index contributed by atoms with van der Waals surface area (Å²) in [6, 6.07) is 2.02. The van der Waals surface area contributed by atoms with E-state index in [2.05, 4.69) is 18.1 Å². The topological polar surface area (TPSA) is 12.9 Å². The molecule has 0 aliphatic heterocycles. The number of fused-ring (bicyclic) bond motifs is 1. The lowest BCUT2D eigenvalue weighted by atomic mass is 9.87. The highest BCUT2D eigenvalue weighted by atomic mass is 14.6. The lowest BCUT2D eigenvalue weighted by Gasteiger charge is -2.19. The second-order valence-electron chi connectivity index (χ2n) is 3.11. The molecule has 0 unspecified atom stereocenters. The van der Waals surface area contributed by atoms with E-state index in [1.165, 1.54) is 11.1 Å². The van der Waals surface area contributed by atoms with E-state index in [1.807, 2.05) is 18.5 Å². The van der Waals surface area contributed by atoms with Gasteiger partial charge in [0.1, 0.15) is 0 Å². The lowest BCUT2D eigenvalue weighted by molar-refractivity contribution is 0.932. The van der Waals surface area contributed by atoms with Crippen molar-refractivity contribution < 1.29 is 0 Å². The molecule has 1 aliphatic carbocycles. The summed E-state index contributed by atoms with van der Waals surface area (Å²) in [6.07, 6.45) is 5.81. The Kier molecular flexibility index (Phi) is 1.58. The van der Waals surface area contributed by atoms with Crippen LogP contribution in [-0.4, -0.2) is 4.98 Å². The molecule has 0 N–H and O–H groups in total. The largest absolute Gasteiger partial charge is 0.264 e. The second-order valence-corrected chi connectivity index (χ2v) is 3.11. The first kappa shape index (κ1) is 7.29. The summed E-state index contributed by atoms with van der Waals surface area (Å²) in [5, 5.41) is 0. The number of pyridine rings is 1. The number of nitrogens with zero attached hydrogens (tertiary/aromatic N) is 1. The number of hydrogen-bond donors (Lipinski definition) is 0. The van der Waals surface area contributed by atoms with Gasteiger partial charge in [0.05, 0.1) is 0 Å². The lowest BCUT2D eigenvalue weighted by Crippen LogP contribution is -2.03. The highest BCUT2D eigenvalue weighted by molar-refractivity contribution is 5.79. The predicted molar refractivity (Wildman–Crippen MR) is 50.7 cm³/mol. The van der Waals surface area contributed by atoms with Gasteiger partial charge in [-0.1, -0.05) is 13.2 Å². The fourth-order valence-corrected chi connectivity index (χ4v) is 1.55. The summed E-state index contributed by atoms with van der Waals surface area (Å²) in [4.78, 5) is 4.09. The monoisotopic (exact) mass is 157 g/mol. The summed E-state index contributed by atoms with van der Waals surface area (Å²) >= 11 is 0. The van der Waals surface area contributed by atoms with Gasteiger partial charge < -0.3 is 0 Å². The van der Waals surface area contributed by atoms with Crippen LogP contribution in [0.1, 0.15) is 17.5 Å². The smallest absolute Gasteiger partial charge is 0.0306 e. The van der Waals surface area contributed by atoms with Crippen LogP contribution >= 0.6 is 0 Å². The molecule has 12 heavy (non-hydrogen) atoms. The Morgan fingerprint density at radius 1 is 1.25 bits per heavy atom. The first-order valence-electron chi connectivity index (χ1n) is 4.09. The minimum absolute atomic E-state index is 1.03. The van der Waals surface area contributed by atoms with Crippen molar-refractivity contribution in [2.75, 3.05) is 0 Å². The molecule has 1 nitrogen and oxygen atoms in total. The molecule has 1 heterocycles. The van der Waals surface area contributed by atoms with Gasteiger partial charge in [0.25, 0.3) is 0 Å². The highest BCUT2D eigenvalue weighted by Crippen LogP contribution is 2.31. The highest BCUT2D eigenvalue weighted by Gasteiger charge is 2.14. The molecular formula is C11H11N. The Labute approximate surface area is 72.5 Å². The molecule has 0 radical (unpaired) electrons. The maximum absolute atomic E-state index is 4.09. The summed E-state index contributed by atoms with van der Waals surface area (Å²) in [5.41, 5.74) is 4.77. The van der Waals surface area contributed by atoms with E-state index in [4.69, 9.17) is 0 Å². The van der Waals surface area contributed by atoms with Crippen molar-refractivity contribution in [3.05, 3.63) is 48.3 Å². The van der Waals surface area contributed by atoms with Gasteiger partial charge in [0.15, 0.2) is 0 Å². The van der Waals surface area contributed by atoms with E-state index >= 15 is 0 Å². The molecule has 0 amide bonds. The Bertz CT molecular complexity index is 350. The molecule has 0 spiro atoms.